The topological polar surface area (TPSA) is 184 Å². The fourth-order valence-electron chi connectivity index (χ4n) is 3.89. The standard InChI is InChI=1S/C26H31N5O9/c1-13(2)24(35)39-19-16(10-32)38-23(20(19)40-25(36)14(3)4)31-12-27-18-21(31)29-26(30-22(18)34)28-17(33)11-37-15-8-6-5-7-9-15/h5-9,12-14,16,19-20,23,32H,10-11H2,1-4H3,(H2,28,29,30,33,34)/t16-,19-,20-,23-/m1/s1. The molecule has 4 atom stereocenters. The van der Waals surface area contributed by atoms with E-state index >= 15 is 0 Å². The number of aromatic nitrogens is 4. The van der Waals surface area contributed by atoms with E-state index in [1.165, 1.54) is 10.9 Å². The molecular formula is C26H31N5O9. The summed E-state index contributed by atoms with van der Waals surface area (Å²) >= 11 is 0. The smallest absolute Gasteiger partial charge is 0.308 e. The summed E-state index contributed by atoms with van der Waals surface area (Å²) in [4.78, 5) is 61.1. The van der Waals surface area contributed by atoms with Crippen LogP contribution in [0, 0.1) is 11.8 Å². The number of aliphatic hydroxyl groups is 1. The van der Waals surface area contributed by atoms with Crippen molar-refractivity contribution in [1.29, 1.82) is 0 Å². The van der Waals surface area contributed by atoms with Crippen LogP contribution >= 0.6 is 0 Å². The molecule has 3 heterocycles. The highest BCUT2D eigenvalue weighted by Crippen LogP contribution is 2.36. The van der Waals surface area contributed by atoms with Crippen molar-refractivity contribution in [2.75, 3.05) is 18.5 Å². The molecule has 40 heavy (non-hydrogen) atoms. The zero-order chi connectivity index (χ0) is 29.0. The minimum absolute atomic E-state index is 0.00819. The Kier molecular flexibility index (Phi) is 8.80. The summed E-state index contributed by atoms with van der Waals surface area (Å²) in [7, 11) is 0. The first kappa shape index (κ1) is 28.7. The summed E-state index contributed by atoms with van der Waals surface area (Å²) in [5.74, 6) is -2.47. The molecular weight excluding hydrogens is 526 g/mol. The van der Waals surface area contributed by atoms with E-state index in [-0.39, 0.29) is 23.7 Å². The third-order valence-electron chi connectivity index (χ3n) is 5.99. The second-order valence-corrected chi connectivity index (χ2v) is 9.75. The van der Waals surface area contributed by atoms with Gasteiger partial charge < -0.3 is 24.1 Å². The SMILES string of the molecule is CC(C)C(=O)O[C@@H]1[C@H](OC(=O)C(C)C)[C@@H](CO)O[C@H]1n1cnc2c(=O)[nH]c(NC(=O)COc3ccccc3)nc21. The number of nitrogens with one attached hydrogen (secondary N) is 2. The van der Waals surface area contributed by atoms with E-state index < -0.39 is 66.4 Å². The van der Waals surface area contributed by atoms with Gasteiger partial charge in [0.1, 0.15) is 11.9 Å². The van der Waals surface area contributed by atoms with E-state index in [4.69, 9.17) is 18.9 Å². The largest absolute Gasteiger partial charge is 0.484 e. The summed E-state index contributed by atoms with van der Waals surface area (Å²) in [6.45, 7) is 5.65. The van der Waals surface area contributed by atoms with Gasteiger partial charge in [-0.3, -0.25) is 34.0 Å². The number of H-pyrrole nitrogens is 1. The van der Waals surface area contributed by atoms with E-state index in [2.05, 4.69) is 20.3 Å². The van der Waals surface area contributed by atoms with Crippen LogP contribution in [0.15, 0.2) is 41.5 Å². The number of carbonyl (C=O) groups excluding carboxylic acids is 3. The van der Waals surface area contributed by atoms with Gasteiger partial charge in [-0.15, -0.1) is 0 Å². The second-order valence-electron chi connectivity index (χ2n) is 9.75. The van der Waals surface area contributed by atoms with Crippen LogP contribution < -0.4 is 15.6 Å². The molecule has 14 nitrogen and oxygen atoms in total. The summed E-state index contributed by atoms with van der Waals surface area (Å²) in [5.41, 5.74) is -0.747. The summed E-state index contributed by atoms with van der Waals surface area (Å²) < 4.78 is 24.0. The molecule has 1 amide bonds. The monoisotopic (exact) mass is 557 g/mol. The summed E-state index contributed by atoms with van der Waals surface area (Å²) in [6.07, 6.45) is -3.33. The number of esters is 2. The zero-order valence-electron chi connectivity index (χ0n) is 22.4. The molecule has 0 unspecified atom stereocenters. The predicted octanol–water partition coefficient (Wildman–Crippen LogP) is 1.16. The molecule has 0 bridgehead atoms. The molecule has 0 spiro atoms. The molecule has 214 valence electrons. The number of benzene rings is 1. The minimum atomic E-state index is -1.20. The highest BCUT2D eigenvalue weighted by Gasteiger charge is 2.51. The zero-order valence-corrected chi connectivity index (χ0v) is 22.4. The van der Waals surface area contributed by atoms with Gasteiger partial charge in [0.15, 0.2) is 36.2 Å². The molecule has 3 aromatic rings. The van der Waals surface area contributed by atoms with E-state index in [0.29, 0.717) is 5.75 Å². The molecule has 0 aliphatic carbocycles. The van der Waals surface area contributed by atoms with Crippen LogP contribution in [-0.2, 0) is 28.6 Å². The average Bonchev–Trinajstić information content (AvgIpc) is 3.49. The Morgan fingerprint density at radius 1 is 1.07 bits per heavy atom. The van der Waals surface area contributed by atoms with Gasteiger partial charge in [0.25, 0.3) is 11.5 Å². The lowest BCUT2D eigenvalue weighted by Crippen LogP contribution is -2.42. The van der Waals surface area contributed by atoms with Crippen LogP contribution in [0.1, 0.15) is 33.9 Å². The normalized spacial score (nSPS) is 20.6. The first-order chi connectivity index (χ1) is 19.1. The quantitative estimate of drug-likeness (QED) is 0.304. The molecule has 1 aliphatic heterocycles. The van der Waals surface area contributed by atoms with Gasteiger partial charge >= 0.3 is 11.9 Å². The Labute approximate surface area is 228 Å². The van der Waals surface area contributed by atoms with Crippen molar-refractivity contribution in [2.45, 2.75) is 52.2 Å². The Bertz CT molecular complexity index is 1420. The third-order valence-corrected chi connectivity index (χ3v) is 5.99. The van der Waals surface area contributed by atoms with Crippen LogP contribution in [0.4, 0.5) is 5.95 Å². The molecule has 3 N–H and O–H groups in total. The number of anilines is 1. The fourth-order valence-corrected chi connectivity index (χ4v) is 3.89. The van der Waals surface area contributed by atoms with Gasteiger partial charge in [-0.05, 0) is 12.1 Å². The van der Waals surface area contributed by atoms with Crippen LogP contribution in [0.3, 0.4) is 0 Å². The first-order valence-electron chi connectivity index (χ1n) is 12.7. The predicted molar refractivity (Wildman–Crippen MR) is 139 cm³/mol. The van der Waals surface area contributed by atoms with Crippen molar-refractivity contribution in [3.05, 3.63) is 47.0 Å². The number of rotatable bonds is 10. The van der Waals surface area contributed by atoms with Crippen molar-refractivity contribution in [3.63, 3.8) is 0 Å². The van der Waals surface area contributed by atoms with Crippen molar-refractivity contribution >= 4 is 35.0 Å². The summed E-state index contributed by atoms with van der Waals surface area (Å²) in [6, 6.07) is 8.70. The Balaban J connectivity index is 1.64. The molecule has 0 radical (unpaired) electrons. The molecule has 1 fully saturated rings. The second kappa shape index (κ2) is 12.3. The van der Waals surface area contributed by atoms with Gasteiger partial charge in [-0.25, -0.2) is 4.98 Å². The number of imidazole rings is 1. The number of aliphatic hydroxyl groups excluding tert-OH is 1. The molecule has 1 saturated heterocycles. The van der Waals surface area contributed by atoms with E-state index in [1.807, 2.05) is 6.07 Å². The van der Waals surface area contributed by atoms with E-state index in [0.717, 1.165) is 0 Å². The fraction of sp³-hybridized carbons (Fsp3) is 0.462. The highest BCUT2D eigenvalue weighted by molar-refractivity contribution is 5.90. The molecule has 1 aromatic carbocycles. The molecule has 2 aromatic heterocycles. The van der Waals surface area contributed by atoms with Crippen molar-refractivity contribution in [2.24, 2.45) is 11.8 Å². The van der Waals surface area contributed by atoms with Gasteiger partial charge in [0.05, 0.1) is 24.8 Å². The van der Waals surface area contributed by atoms with Crippen LogP contribution in [0.2, 0.25) is 0 Å². The number of para-hydroxylation sites is 1. The number of amides is 1. The first-order valence-corrected chi connectivity index (χ1v) is 12.7. The Morgan fingerprint density at radius 2 is 1.73 bits per heavy atom. The Hall–Kier alpha value is -4.30. The number of carbonyl (C=O) groups is 3. The van der Waals surface area contributed by atoms with E-state index in [9.17, 15) is 24.3 Å². The highest BCUT2D eigenvalue weighted by atomic mass is 16.6. The number of nitrogens with zero attached hydrogens (tertiary/aromatic N) is 3. The number of hydrogen-bond acceptors (Lipinski definition) is 11. The molecule has 1 aliphatic rings. The third kappa shape index (κ3) is 6.29. The molecule has 4 rings (SSSR count). The maximum Gasteiger partial charge on any atom is 0.308 e. The number of ether oxygens (including phenoxy) is 4. The van der Waals surface area contributed by atoms with Crippen LogP contribution in [0.25, 0.3) is 11.2 Å². The Morgan fingerprint density at radius 3 is 2.35 bits per heavy atom. The minimum Gasteiger partial charge on any atom is -0.484 e. The van der Waals surface area contributed by atoms with Crippen LogP contribution in [0.5, 0.6) is 5.75 Å². The van der Waals surface area contributed by atoms with Crippen LogP contribution in [-0.4, -0.2) is 74.0 Å². The molecule has 14 heteroatoms. The molecule has 0 saturated carbocycles. The number of aromatic amines is 1. The summed E-state index contributed by atoms with van der Waals surface area (Å²) in [5, 5.41) is 12.5. The lowest BCUT2D eigenvalue weighted by molar-refractivity contribution is -0.172. The van der Waals surface area contributed by atoms with E-state index in [1.54, 1.807) is 52.0 Å². The van der Waals surface area contributed by atoms with Gasteiger partial charge in [-0.1, -0.05) is 45.9 Å². The van der Waals surface area contributed by atoms with Gasteiger partial charge in [0, 0.05) is 0 Å². The average molecular weight is 558 g/mol. The number of fused-ring (bicyclic) bond motifs is 1. The van der Waals surface area contributed by atoms with Crippen molar-refractivity contribution < 1.29 is 38.4 Å². The maximum absolute atomic E-state index is 12.8. The van der Waals surface area contributed by atoms with Gasteiger partial charge in [0.2, 0.25) is 5.95 Å². The number of hydrogen-bond donors (Lipinski definition) is 3. The lowest BCUT2D eigenvalue weighted by atomic mass is 10.1. The lowest BCUT2D eigenvalue weighted by Gasteiger charge is -2.25. The maximum atomic E-state index is 12.8. The van der Waals surface area contributed by atoms with Crippen molar-refractivity contribution in [1.82, 2.24) is 19.5 Å². The van der Waals surface area contributed by atoms with Crippen molar-refractivity contribution in [3.8, 4) is 5.75 Å². The van der Waals surface area contributed by atoms with Gasteiger partial charge in [-0.2, -0.15) is 4.98 Å².